The van der Waals surface area contributed by atoms with Gasteiger partial charge in [0.2, 0.25) is 0 Å². The minimum Gasteiger partial charge on any atom is -0.267 e. The molecule has 0 fully saturated rings. The molecule has 0 radical (unpaired) electrons. The van der Waals surface area contributed by atoms with Gasteiger partial charge in [-0.1, -0.05) is 29.3 Å². The van der Waals surface area contributed by atoms with Gasteiger partial charge in [-0.15, -0.1) is 0 Å². The molecule has 0 unspecified atom stereocenters. The van der Waals surface area contributed by atoms with Crippen molar-refractivity contribution >= 4 is 35.4 Å². The molecule has 3 aromatic rings. The van der Waals surface area contributed by atoms with Crippen molar-refractivity contribution in [3.05, 3.63) is 57.5 Å². The quantitative estimate of drug-likeness (QED) is 0.715. The van der Waals surface area contributed by atoms with Crippen LogP contribution in [0.15, 0.2) is 42.7 Å². The van der Waals surface area contributed by atoms with Crippen molar-refractivity contribution in [1.29, 1.82) is 0 Å². The van der Waals surface area contributed by atoms with Crippen LogP contribution in [0.5, 0.6) is 0 Å². The highest BCUT2D eigenvalue weighted by atomic mass is 35.5. The third-order valence-electron chi connectivity index (χ3n) is 2.76. The van der Waals surface area contributed by atoms with Gasteiger partial charge in [-0.2, -0.15) is 5.10 Å². The maximum Gasteiger partial charge on any atom is 0.200 e. The maximum absolute atomic E-state index is 6.26. The lowest BCUT2D eigenvalue weighted by atomic mass is 10.2. The van der Waals surface area contributed by atoms with Gasteiger partial charge in [0.25, 0.3) is 0 Å². The average Bonchev–Trinajstić information content (AvgIpc) is 2.85. The van der Waals surface area contributed by atoms with E-state index in [0.29, 0.717) is 26.3 Å². The highest BCUT2D eigenvalue weighted by Crippen LogP contribution is 2.31. The number of pyridine rings is 1. The number of aromatic nitrogens is 4. The van der Waals surface area contributed by atoms with Crippen LogP contribution in [0, 0.1) is 4.77 Å². The van der Waals surface area contributed by atoms with Crippen molar-refractivity contribution < 1.29 is 0 Å². The molecule has 0 atom stereocenters. The monoisotopic (exact) mass is 322 g/mol. The summed E-state index contributed by atoms with van der Waals surface area (Å²) in [5.41, 5.74) is 1.51. The van der Waals surface area contributed by atoms with Gasteiger partial charge in [0.05, 0.1) is 15.7 Å². The van der Waals surface area contributed by atoms with E-state index in [9.17, 15) is 0 Å². The van der Waals surface area contributed by atoms with Gasteiger partial charge >= 0.3 is 0 Å². The summed E-state index contributed by atoms with van der Waals surface area (Å²) in [6, 6.07) is 9.09. The summed E-state index contributed by atoms with van der Waals surface area (Å²) in [6.07, 6.45) is 3.40. The Morgan fingerprint density at radius 1 is 1.15 bits per heavy atom. The van der Waals surface area contributed by atoms with E-state index < -0.39 is 0 Å². The van der Waals surface area contributed by atoms with Crippen LogP contribution in [0.2, 0.25) is 10.0 Å². The van der Waals surface area contributed by atoms with E-state index in [-0.39, 0.29) is 0 Å². The van der Waals surface area contributed by atoms with Crippen molar-refractivity contribution in [2.24, 2.45) is 0 Å². The summed E-state index contributed by atoms with van der Waals surface area (Å²) in [5.74, 6) is 0.632. The van der Waals surface area contributed by atoms with Gasteiger partial charge in [-0.25, -0.2) is 0 Å². The van der Waals surface area contributed by atoms with Gasteiger partial charge in [0.1, 0.15) is 0 Å². The lowest BCUT2D eigenvalue weighted by molar-refractivity contribution is 1.03. The van der Waals surface area contributed by atoms with Gasteiger partial charge in [-0.3, -0.25) is 14.6 Å². The molecule has 0 aliphatic rings. The highest BCUT2D eigenvalue weighted by molar-refractivity contribution is 7.71. The molecule has 0 saturated heterocycles. The molecule has 0 saturated carbocycles. The Morgan fingerprint density at radius 3 is 2.75 bits per heavy atom. The first-order valence-electron chi connectivity index (χ1n) is 5.70. The van der Waals surface area contributed by atoms with Gasteiger partial charge < -0.3 is 0 Å². The Balaban J connectivity index is 2.28. The number of nitrogens with one attached hydrogen (secondary N) is 1. The summed E-state index contributed by atoms with van der Waals surface area (Å²) in [5, 5.41) is 7.89. The van der Waals surface area contributed by atoms with Crippen LogP contribution in [-0.4, -0.2) is 19.7 Å². The second-order valence-electron chi connectivity index (χ2n) is 4.00. The zero-order valence-corrected chi connectivity index (χ0v) is 12.4. The standard InChI is InChI=1S/C13H8Cl2N4S/c14-9-4-1-5-10(11(9)15)19-12(17-18-13(19)20)8-3-2-6-16-7-8/h1-7H,(H,18,20). The fraction of sp³-hybridized carbons (Fsp3) is 0. The molecule has 0 bridgehead atoms. The van der Waals surface area contributed by atoms with Crippen LogP contribution in [0.4, 0.5) is 0 Å². The Morgan fingerprint density at radius 2 is 2.00 bits per heavy atom. The SMILES string of the molecule is S=c1[nH]nc(-c2cccnc2)n1-c1cccc(Cl)c1Cl. The van der Waals surface area contributed by atoms with Crippen molar-refractivity contribution in [3.63, 3.8) is 0 Å². The predicted molar refractivity (Wildman–Crippen MR) is 82.0 cm³/mol. The third-order valence-corrected chi connectivity index (χ3v) is 3.85. The molecule has 0 amide bonds. The first kappa shape index (κ1) is 13.3. The average molecular weight is 323 g/mol. The van der Waals surface area contributed by atoms with E-state index in [0.717, 1.165) is 5.56 Å². The predicted octanol–water partition coefficient (Wildman–Crippen LogP) is 4.30. The summed E-state index contributed by atoms with van der Waals surface area (Å²) in [4.78, 5) is 4.08. The van der Waals surface area contributed by atoms with E-state index >= 15 is 0 Å². The summed E-state index contributed by atoms with van der Waals surface area (Å²) < 4.78 is 2.17. The number of nitrogens with zero attached hydrogens (tertiary/aromatic N) is 3. The second-order valence-corrected chi connectivity index (χ2v) is 5.17. The zero-order valence-electron chi connectivity index (χ0n) is 10.0. The normalized spacial score (nSPS) is 10.7. The fourth-order valence-corrected chi connectivity index (χ4v) is 2.48. The number of halogens is 2. The van der Waals surface area contributed by atoms with Crippen LogP contribution in [0.3, 0.4) is 0 Å². The minimum atomic E-state index is 0.428. The van der Waals surface area contributed by atoms with Crippen molar-refractivity contribution in [2.75, 3.05) is 0 Å². The molecular weight excluding hydrogens is 315 g/mol. The van der Waals surface area contributed by atoms with Crippen LogP contribution >= 0.6 is 35.4 Å². The third kappa shape index (κ3) is 2.24. The van der Waals surface area contributed by atoms with Crippen LogP contribution in [0.25, 0.3) is 17.1 Å². The molecule has 1 N–H and O–H groups in total. The largest absolute Gasteiger partial charge is 0.267 e. The molecule has 1 aromatic carbocycles. The lowest BCUT2D eigenvalue weighted by Crippen LogP contribution is -1.99. The first-order chi connectivity index (χ1) is 9.68. The Labute approximate surface area is 130 Å². The molecule has 2 heterocycles. The number of hydrogen-bond acceptors (Lipinski definition) is 3. The van der Waals surface area contributed by atoms with Crippen molar-refractivity contribution in [3.8, 4) is 17.1 Å². The van der Waals surface area contributed by atoms with E-state index in [1.54, 1.807) is 23.0 Å². The molecule has 100 valence electrons. The molecule has 2 aromatic heterocycles. The Bertz CT molecular complexity index is 811. The molecule has 20 heavy (non-hydrogen) atoms. The van der Waals surface area contributed by atoms with Gasteiger partial charge in [0, 0.05) is 18.0 Å². The molecule has 0 spiro atoms. The van der Waals surface area contributed by atoms with Crippen molar-refractivity contribution in [2.45, 2.75) is 0 Å². The fourth-order valence-electron chi connectivity index (χ4n) is 1.87. The number of H-pyrrole nitrogens is 1. The maximum atomic E-state index is 6.26. The van der Waals surface area contributed by atoms with Gasteiger partial charge in [0.15, 0.2) is 10.6 Å². The first-order valence-corrected chi connectivity index (χ1v) is 6.87. The second kappa shape index (κ2) is 5.36. The number of rotatable bonds is 2. The van der Waals surface area contributed by atoms with E-state index in [2.05, 4.69) is 15.2 Å². The lowest BCUT2D eigenvalue weighted by Gasteiger charge is -2.09. The van der Waals surface area contributed by atoms with E-state index in [1.165, 1.54) is 0 Å². The van der Waals surface area contributed by atoms with Gasteiger partial charge in [-0.05, 0) is 36.5 Å². The highest BCUT2D eigenvalue weighted by Gasteiger charge is 2.14. The van der Waals surface area contributed by atoms with Crippen LogP contribution in [-0.2, 0) is 0 Å². The topological polar surface area (TPSA) is 46.5 Å². The molecule has 4 nitrogen and oxygen atoms in total. The summed E-state index contributed by atoms with van der Waals surface area (Å²) >= 11 is 17.6. The Hall–Kier alpha value is -1.69. The molecule has 7 heteroatoms. The minimum absolute atomic E-state index is 0.428. The Kier molecular flexibility index (Phi) is 3.56. The van der Waals surface area contributed by atoms with Crippen LogP contribution < -0.4 is 0 Å². The summed E-state index contributed by atoms with van der Waals surface area (Å²) in [7, 11) is 0. The number of aromatic amines is 1. The number of hydrogen-bond donors (Lipinski definition) is 1. The molecule has 3 rings (SSSR count). The zero-order chi connectivity index (χ0) is 14.1. The van der Waals surface area contributed by atoms with Crippen LogP contribution in [0.1, 0.15) is 0 Å². The van der Waals surface area contributed by atoms with E-state index in [1.807, 2.05) is 24.3 Å². The number of benzene rings is 1. The molecule has 0 aliphatic carbocycles. The molecule has 0 aliphatic heterocycles. The van der Waals surface area contributed by atoms with Crippen molar-refractivity contribution in [1.82, 2.24) is 19.7 Å². The summed E-state index contributed by atoms with van der Waals surface area (Å²) in [6.45, 7) is 0. The van der Waals surface area contributed by atoms with E-state index in [4.69, 9.17) is 35.4 Å². The smallest absolute Gasteiger partial charge is 0.200 e. The molecular formula is C13H8Cl2N4S.